The van der Waals surface area contributed by atoms with Crippen LogP contribution in [-0.2, 0) is 16.1 Å². The number of halogens is 1. The number of hydrogen-bond donors (Lipinski definition) is 2. The molecule has 2 heterocycles. The van der Waals surface area contributed by atoms with Crippen molar-refractivity contribution in [1.29, 1.82) is 0 Å². The molecule has 0 amide bonds. The quantitative estimate of drug-likeness (QED) is 0.461. The van der Waals surface area contributed by atoms with Crippen molar-refractivity contribution in [2.75, 3.05) is 20.3 Å². The molecule has 0 saturated carbocycles. The Morgan fingerprint density at radius 3 is 2.82 bits per heavy atom. The predicted molar refractivity (Wildman–Crippen MR) is 107 cm³/mol. The number of imidazole rings is 1. The van der Waals surface area contributed by atoms with Crippen LogP contribution < -0.4 is 5.69 Å². The molecule has 2 N–H and O–H groups in total. The van der Waals surface area contributed by atoms with Gasteiger partial charge in [0, 0.05) is 23.6 Å². The highest BCUT2D eigenvalue weighted by atomic mass is 32.1. The van der Waals surface area contributed by atoms with Crippen molar-refractivity contribution in [1.82, 2.24) is 15.0 Å². The number of H-pyrrole nitrogens is 2. The van der Waals surface area contributed by atoms with E-state index in [0.717, 1.165) is 38.4 Å². The number of hydrogen-bond acceptors (Lipinski definition) is 5. The van der Waals surface area contributed by atoms with Crippen LogP contribution in [0.1, 0.15) is 5.56 Å². The Morgan fingerprint density at radius 2 is 1.96 bits per heavy atom. The maximum absolute atomic E-state index is 13.7. The van der Waals surface area contributed by atoms with Crippen LogP contribution in [0.3, 0.4) is 0 Å². The molecule has 0 aliphatic rings. The zero-order chi connectivity index (χ0) is 19.5. The summed E-state index contributed by atoms with van der Waals surface area (Å²) in [6.07, 6.45) is 0. The number of nitrogens with one attached hydrogen (secondary N) is 2. The summed E-state index contributed by atoms with van der Waals surface area (Å²) in [5, 5.41) is 2.73. The third-order valence-corrected chi connectivity index (χ3v) is 5.18. The van der Waals surface area contributed by atoms with Crippen LogP contribution >= 0.6 is 11.3 Å². The first-order chi connectivity index (χ1) is 13.6. The Labute approximate surface area is 164 Å². The van der Waals surface area contributed by atoms with Gasteiger partial charge in [0.2, 0.25) is 0 Å². The lowest BCUT2D eigenvalue weighted by atomic mass is 10.1. The third-order valence-electron chi connectivity index (χ3n) is 4.30. The standard InChI is InChI=1S/C20H18FN3O3S/c1-26-6-7-27-10-13-8-14(21)3-4-15(13)19-22-18(11-28-19)12-2-5-16-17(9-12)24-20(25)23-16/h2-5,8-9,11H,6-7,10H2,1H3,(H2,23,24,25). The molecular weight excluding hydrogens is 381 g/mol. The molecular formula is C20H18FN3O3S. The lowest BCUT2D eigenvalue weighted by Gasteiger charge is -2.08. The Kier molecular flexibility index (Phi) is 5.34. The molecule has 0 aliphatic heterocycles. The summed E-state index contributed by atoms with van der Waals surface area (Å²) in [4.78, 5) is 21.6. The van der Waals surface area contributed by atoms with Crippen LogP contribution in [0.5, 0.6) is 0 Å². The van der Waals surface area contributed by atoms with E-state index in [9.17, 15) is 9.18 Å². The number of benzene rings is 2. The van der Waals surface area contributed by atoms with Gasteiger partial charge in [0.25, 0.3) is 0 Å². The minimum Gasteiger partial charge on any atom is -0.382 e. The van der Waals surface area contributed by atoms with Gasteiger partial charge >= 0.3 is 5.69 Å². The molecule has 2 aromatic carbocycles. The summed E-state index contributed by atoms with van der Waals surface area (Å²) in [7, 11) is 1.61. The maximum atomic E-state index is 13.7. The largest absolute Gasteiger partial charge is 0.382 e. The van der Waals surface area contributed by atoms with Crippen molar-refractivity contribution in [2.45, 2.75) is 6.61 Å². The second-order valence-electron chi connectivity index (χ2n) is 6.22. The molecule has 0 aliphatic carbocycles. The second-order valence-corrected chi connectivity index (χ2v) is 7.08. The Hall–Kier alpha value is -2.81. The highest BCUT2D eigenvalue weighted by molar-refractivity contribution is 7.13. The molecule has 28 heavy (non-hydrogen) atoms. The zero-order valence-corrected chi connectivity index (χ0v) is 15.9. The number of aromatic amines is 2. The van der Waals surface area contributed by atoms with Crippen LogP contribution in [0.2, 0.25) is 0 Å². The molecule has 2 aromatic heterocycles. The number of thiazole rings is 1. The molecule has 8 heteroatoms. The first-order valence-corrected chi connectivity index (χ1v) is 9.55. The van der Waals surface area contributed by atoms with Crippen molar-refractivity contribution in [3.63, 3.8) is 0 Å². The van der Waals surface area contributed by atoms with Crippen molar-refractivity contribution in [3.05, 3.63) is 63.6 Å². The lowest BCUT2D eigenvalue weighted by Crippen LogP contribution is -2.03. The van der Waals surface area contributed by atoms with Gasteiger partial charge in [-0.05, 0) is 35.9 Å². The average molecular weight is 399 g/mol. The van der Waals surface area contributed by atoms with Gasteiger partial charge in [0.05, 0.1) is 36.5 Å². The molecule has 0 bridgehead atoms. The van der Waals surface area contributed by atoms with E-state index in [0.29, 0.717) is 13.2 Å². The molecule has 0 saturated heterocycles. The molecule has 6 nitrogen and oxygen atoms in total. The monoisotopic (exact) mass is 399 g/mol. The zero-order valence-electron chi connectivity index (χ0n) is 15.1. The smallest absolute Gasteiger partial charge is 0.323 e. The summed E-state index contributed by atoms with van der Waals surface area (Å²) in [5.41, 5.74) is 4.50. The van der Waals surface area contributed by atoms with Gasteiger partial charge in [-0.15, -0.1) is 11.3 Å². The predicted octanol–water partition coefficient (Wildman–Crippen LogP) is 3.95. The van der Waals surface area contributed by atoms with Gasteiger partial charge < -0.3 is 19.4 Å². The van der Waals surface area contributed by atoms with Crippen LogP contribution in [0, 0.1) is 5.82 Å². The normalized spacial score (nSPS) is 11.4. The van der Waals surface area contributed by atoms with Gasteiger partial charge in [-0.2, -0.15) is 0 Å². The number of aromatic nitrogens is 3. The van der Waals surface area contributed by atoms with Gasteiger partial charge in [-0.1, -0.05) is 6.07 Å². The van der Waals surface area contributed by atoms with Crippen LogP contribution in [0.25, 0.3) is 32.9 Å². The van der Waals surface area contributed by atoms with E-state index in [1.165, 1.54) is 23.5 Å². The molecule has 4 rings (SSSR count). The maximum Gasteiger partial charge on any atom is 0.323 e. The minimum atomic E-state index is -0.312. The molecule has 0 unspecified atom stereocenters. The molecule has 0 atom stereocenters. The van der Waals surface area contributed by atoms with Gasteiger partial charge in [0.15, 0.2) is 0 Å². The van der Waals surface area contributed by atoms with E-state index in [1.54, 1.807) is 13.2 Å². The molecule has 144 valence electrons. The molecule has 4 aromatic rings. The highest BCUT2D eigenvalue weighted by Gasteiger charge is 2.13. The van der Waals surface area contributed by atoms with Crippen molar-refractivity contribution in [2.24, 2.45) is 0 Å². The first kappa shape index (κ1) is 18.5. The van der Waals surface area contributed by atoms with Crippen molar-refractivity contribution in [3.8, 4) is 21.8 Å². The summed E-state index contributed by atoms with van der Waals surface area (Å²) in [5.74, 6) is -0.312. The Morgan fingerprint density at radius 1 is 1.11 bits per heavy atom. The minimum absolute atomic E-state index is 0.240. The van der Waals surface area contributed by atoms with Crippen molar-refractivity contribution >= 4 is 22.4 Å². The fourth-order valence-corrected chi connectivity index (χ4v) is 3.83. The number of methoxy groups -OCH3 is 1. The van der Waals surface area contributed by atoms with E-state index in [1.807, 2.05) is 23.6 Å². The Balaban J connectivity index is 1.63. The number of ether oxygens (including phenoxy) is 2. The summed E-state index contributed by atoms with van der Waals surface area (Å²) in [6.45, 7) is 1.20. The van der Waals surface area contributed by atoms with Gasteiger partial charge in [-0.3, -0.25) is 0 Å². The van der Waals surface area contributed by atoms with Gasteiger partial charge in [0.1, 0.15) is 10.8 Å². The number of rotatable bonds is 7. The van der Waals surface area contributed by atoms with Crippen molar-refractivity contribution < 1.29 is 13.9 Å². The van der Waals surface area contributed by atoms with E-state index >= 15 is 0 Å². The van der Waals surface area contributed by atoms with E-state index in [2.05, 4.69) is 9.97 Å². The summed E-state index contributed by atoms with van der Waals surface area (Å²) < 4.78 is 24.3. The highest BCUT2D eigenvalue weighted by Crippen LogP contribution is 2.32. The van der Waals surface area contributed by atoms with E-state index in [4.69, 9.17) is 14.5 Å². The lowest BCUT2D eigenvalue weighted by molar-refractivity contribution is 0.0617. The SMILES string of the molecule is COCCOCc1cc(F)ccc1-c1nc(-c2ccc3[nH]c(=O)[nH]c3c2)cs1. The summed E-state index contributed by atoms with van der Waals surface area (Å²) in [6, 6.07) is 10.2. The summed E-state index contributed by atoms with van der Waals surface area (Å²) >= 11 is 1.48. The number of nitrogens with zero attached hydrogens (tertiary/aromatic N) is 1. The topological polar surface area (TPSA) is 80.0 Å². The van der Waals surface area contributed by atoms with Crippen LogP contribution in [0.4, 0.5) is 4.39 Å². The fourth-order valence-electron chi connectivity index (χ4n) is 2.94. The van der Waals surface area contributed by atoms with Crippen LogP contribution in [0.15, 0.2) is 46.6 Å². The first-order valence-electron chi connectivity index (χ1n) is 8.67. The Bertz CT molecular complexity index is 1160. The molecule has 0 fully saturated rings. The molecule has 0 spiro atoms. The number of fused-ring (bicyclic) bond motifs is 1. The van der Waals surface area contributed by atoms with E-state index in [-0.39, 0.29) is 18.1 Å². The molecule has 0 radical (unpaired) electrons. The average Bonchev–Trinajstić information content (AvgIpc) is 3.30. The third kappa shape index (κ3) is 3.89. The van der Waals surface area contributed by atoms with Crippen LogP contribution in [-0.4, -0.2) is 35.3 Å². The van der Waals surface area contributed by atoms with E-state index < -0.39 is 0 Å². The van der Waals surface area contributed by atoms with Gasteiger partial charge in [-0.25, -0.2) is 14.2 Å². The fraction of sp³-hybridized carbons (Fsp3) is 0.200. The second kappa shape index (κ2) is 8.05.